The fourth-order valence-electron chi connectivity index (χ4n) is 3.71. The highest BCUT2D eigenvalue weighted by Crippen LogP contribution is 2.55. The maximum absolute atomic E-state index is 13.9. The van der Waals surface area contributed by atoms with Crippen molar-refractivity contribution in [1.82, 2.24) is 0 Å². The molecule has 1 aromatic carbocycles. The van der Waals surface area contributed by atoms with Crippen LogP contribution in [-0.4, -0.2) is 32.1 Å². The topological polar surface area (TPSA) is 52.6 Å². The van der Waals surface area contributed by atoms with Crippen LogP contribution in [0.2, 0.25) is 0 Å². The van der Waals surface area contributed by atoms with Gasteiger partial charge in [0.1, 0.15) is 17.1 Å². The summed E-state index contributed by atoms with van der Waals surface area (Å²) in [6.07, 6.45) is 1.75. The molecule has 4 nitrogen and oxygen atoms in total. The Balaban J connectivity index is 3.33. The normalized spacial score (nSPS) is 15.4. The molecule has 0 aromatic heterocycles. The molecule has 0 aliphatic heterocycles. The smallest absolute Gasteiger partial charge is 0.228 e. The van der Waals surface area contributed by atoms with Gasteiger partial charge in [-0.1, -0.05) is 47.6 Å². The Hall–Kier alpha value is -1.28. The second-order valence-electron chi connectivity index (χ2n) is 8.86. The quantitative estimate of drug-likeness (QED) is 0.496. The van der Waals surface area contributed by atoms with Crippen molar-refractivity contribution in [2.24, 2.45) is 17.3 Å². The standard InChI is InChI=1S/C21H35O4P/c1-15(2)13-26(23,14-16(3)12-21(4,5)6)20(22)19-17(24-7)10-9-11-18(19)25-8/h9-11,15-16H,12-14H2,1-8H3. The van der Waals surface area contributed by atoms with Gasteiger partial charge in [-0.05, 0) is 35.8 Å². The van der Waals surface area contributed by atoms with Crippen LogP contribution in [0.15, 0.2) is 18.2 Å². The van der Waals surface area contributed by atoms with Crippen molar-refractivity contribution in [1.29, 1.82) is 0 Å². The summed E-state index contributed by atoms with van der Waals surface area (Å²) in [6.45, 7) is 12.6. The van der Waals surface area contributed by atoms with Gasteiger partial charge in [0.15, 0.2) is 7.14 Å². The number of hydrogen-bond donors (Lipinski definition) is 0. The molecule has 2 unspecified atom stereocenters. The van der Waals surface area contributed by atoms with Gasteiger partial charge in [-0.2, -0.15) is 0 Å². The molecule has 0 spiro atoms. The van der Waals surface area contributed by atoms with Crippen molar-refractivity contribution in [3.63, 3.8) is 0 Å². The SMILES string of the molecule is COc1cccc(OC)c1C(=O)P(=O)(CC(C)C)CC(C)CC(C)(C)C. The monoisotopic (exact) mass is 382 g/mol. The van der Waals surface area contributed by atoms with Crippen LogP contribution < -0.4 is 9.47 Å². The van der Waals surface area contributed by atoms with E-state index in [0.29, 0.717) is 29.4 Å². The third-order valence-corrected chi connectivity index (χ3v) is 7.74. The van der Waals surface area contributed by atoms with E-state index >= 15 is 0 Å². The Morgan fingerprint density at radius 2 is 1.54 bits per heavy atom. The van der Waals surface area contributed by atoms with Gasteiger partial charge in [-0.15, -0.1) is 0 Å². The van der Waals surface area contributed by atoms with Crippen molar-refractivity contribution >= 4 is 12.7 Å². The summed E-state index contributed by atoms with van der Waals surface area (Å²) in [5.74, 6) is 1.21. The fraction of sp³-hybridized carbons (Fsp3) is 0.667. The second kappa shape index (κ2) is 9.08. The van der Waals surface area contributed by atoms with Gasteiger partial charge in [0, 0.05) is 12.3 Å². The molecule has 148 valence electrons. The van der Waals surface area contributed by atoms with Crippen LogP contribution in [-0.2, 0) is 4.57 Å². The van der Waals surface area contributed by atoms with Crippen LogP contribution in [0.1, 0.15) is 58.3 Å². The minimum absolute atomic E-state index is 0.132. The van der Waals surface area contributed by atoms with Gasteiger partial charge in [0.05, 0.1) is 14.2 Å². The highest BCUT2D eigenvalue weighted by Gasteiger charge is 2.38. The summed E-state index contributed by atoms with van der Waals surface area (Å²) in [6, 6.07) is 5.20. The third kappa shape index (κ3) is 6.16. The van der Waals surface area contributed by atoms with E-state index in [-0.39, 0.29) is 22.8 Å². The average Bonchev–Trinajstić information content (AvgIpc) is 2.50. The second-order valence-corrected chi connectivity index (χ2v) is 11.8. The molecular formula is C21H35O4P. The summed E-state index contributed by atoms with van der Waals surface area (Å²) in [5, 5.41) is 0. The number of hydrogen-bond acceptors (Lipinski definition) is 4. The summed E-state index contributed by atoms with van der Waals surface area (Å²) in [7, 11) is -0.0797. The average molecular weight is 382 g/mol. The molecule has 0 saturated heterocycles. The number of ether oxygens (including phenoxy) is 2. The lowest BCUT2D eigenvalue weighted by Crippen LogP contribution is -2.19. The molecule has 26 heavy (non-hydrogen) atoms. The van der Waals surface area contributed by atoms with Gasteiger partial charge in [-0.3, -0.25) is 4.79 Å². The maximum Gasteiger partial charge on any atom is 0.228 e. The van der Waals surface area contributed by atoms with Crippen molar-refractivity contribution in [3.8, 4) is 11.5 Å². The van der Waals surface area contributed by atoms with E-state index in [4.69, 9.17) is 9.47 Å². The Labute approximate surface area is 159 Å². The van der Waals surface area contributed by atoms with Crippen LogP contribution in [0.4, 0.5) is 0 Å². The van der Waals surface area contributed by atoms with Crippen LogP contribution in [0.3, 0.4) is 0 Å². The zero-order valence-electron chi connectivity index (χ0n) is 17.6. The van der Waals surface area contributed by atoms with E-state index in [9.17, 15) is 9.36 Å². The molecule has 0 aliphatic carbocycles. The molecule has 1 rings (SSSR count). The largest absolute Gasteiger partial charge is 0.496 e. The summed E-state index contributed by atoms with van der Waals surface area (Å²) >= 11 is 0. The van der Waals surface area contributed by atoms with Crippen LogP contribution >= 0.6 is 7.14 Å². The zero-order valence-corrected chi connectivity index (χ0v) is 18.5. The third-order valence-electron chi connectivity index (χ3n) is 4.24. The molecule has 0 amide bonds. The first kappa shape index (κ1) is 22.8. The van der Waals surface area contributed by atoms with Crippen LogP contribution in [0.5, 0.6) is 11.5 Å². The predicted molar refractivity (Wildman–Crippen MR) is 109 cm³/mol. The summed E-state index contributed by atoms with van der Waals surface area (Å²) < 4.78 is 24.6. The lowest BCUT2D eigenvalue weighted by atomic mass is 9.86. The molecule has 0 N–H and O–H groups in total. The van der Waals surface area contributed by atoms with E-state index in [1.165, 1.54) is 14.2 Å². The van der Waals surface area contributed by atoms with E-state index < -0.39 is 7.14 Å². The molecule has 0 bridgehead atoms. The van der Waals surface area contributed by atoms with Crippen LogP contribution in [0, 0.1) is 17.3 Å². The molecule has 0 aliphatic rings. The Morgan fingerprint density at radius 3 is 1.92 bits per heavy atom. The van der Waals surface area contributed by atoms with Crippen LogP contribution in [0.25, 0.3) is 0 Å². The minimum atomic E-state index is -3.11. The summed E-state index contributed by atoms with van der Waals surface area (Å²) in [4.78, 5) is 13.4. The van der Waals surface area contributed by atoms with E-state index in [0.717, 1.165) is 6.42 Å². The molecule has 2 atom stereocenters. The van der Waals surface area contributed by atoms with E-state index in [2.05, 4.69) is 27.7 Å². The lowest BCUT2D eigenvalue weighted by Gasteiger charge is -2.28. The van der Waals surface area contributed by atoms with Gasteiger partial charge >= 0.3 is 0 Å². The van der Waals surface area contributed by atoms with Crippen molar-refractivity contribution in [3.05, 3.63) is 23.8 Å². The minimum Gasteiger partial charge on any atom is -0.496 e. The molecule has 0 saturated carbocycles. The van der Waals surface area contributed by atoms with Crippen molar-refractivity contribution in [2.45, 2.75) is 48.0 Å². The van der Waals surface area contributed by atoms with Crippen molar-refractivity contribution in [2.75, 3.05) is 26.5 Å². The van der Waals surface area contributed by atoms with Gasteiger partial charge in [0.25, 0.3) is 0 Å². The number of rotatable bonds is 9. The Bertz CT molecular complexity index is 636. The number of carbonyl (C=O) groups is 1. The highest BCUT2D eigenvalue weighted by molar-refractivity contribution is 7.81. The molecule has 0 fully saturated rings. The maximum atomic E-state index is 13.9. The number of benzene rings is 1. The van der Waals surface area contributed by atoms with E-state index in [1.807, 2.05) is 13.8 Å². The lowest BCUT2D eigenvalue weighted by molar-refractivity contribution is 0.106. The van der Waals surface area contributed by atoms with Gasteiger partial charge < -0.3 is 14.0 Å². The highest BCUT2D eigenvalue weighted by atomic mass is 31.2. The summed E-state index contributed by atoms with van der Waals surface area (Å²) in [5.41, 5.74) is 0.124. The first-order chi connectivity index (χ1) is 11.9. The van der Waals surface area contributed by atoms with Crippen molar-refractivity contribution < 1.29 is 18.8 Å². The fourth-order valence-corrected chi connectivity index (χ4v) is 7.13. The number of methoxy groups -OCH3 is 2. The number of carbonyl (C=O) groups excluding carboxylic acids is 1. The molecule has 0 radical (unpaired) electrons. The molecule has 1 aromatic rings. The molecule has 0 heterocycles. The first-order valence-electron chi connectivity index (χ1n) is 9.27. The zero-order chi connectivity index (χ0) is 20.1. The van der Waals surface area contributed by atoms with E-state index in [1.54, 1.807) is 18.2 Å². The Kier molecular flexibility index (Phi) is 7.95. The van der Waals surface area contributed by atoms with Gasteiger partial charge in [-0.25, -0.2) is 0 Å². The molecule has 5 heteroatoms. The molecular weight excluding hydrogens is 347 g/mol. The van der Waals surface area contributed by atoms with Gasteiger partial charge in [0.2, 0.25) is 5.52 Å². The predicted octanol–water partition coefficient (Wildman–Crippen LogP) is 5.94. The Morgan fingerprint density at radius 1 is 1.04 bits per heavy atom. The first-order valence-corrected chi connectivity index (χ1v) is 11.3.